The highest BCUT2D eigenvalue weighted by molar-refractivity contribution is 5.77. The largest absolute Gasteiger partial charge is 0.480 e. The van der Waals surface area contributed by atoms with Crippen LogP contribution in [0.25, 0.3) is 0 Å². The summed E-state index contributed by atoms with van der Waals surface area (Å²) in [6.45, 7) is 8.52. The molecule has 1 saturated heterocycles. The molecule has 0 aliphatic carbocycles. The van der Waals surface area contributed by atoms with Gasteiger partial charge in [-0.25, -0.2) is 0 Å². The van der Waals surface area contributed by atoms with Gasteiger partial charge in [-0.1, -0.05) is 20.8 Å². The predicted octanol–water partition coefficient (Wildman–Crippen LogP) is -0.0213. The number of piperazine rings is 1. The molecule has 6 heteroatoms. The summed E-state index contributed by atoms with van der Waals surface area (Å²) >= 11 is 0. The van der Waals surface area contributed by atoms with Gasteiger partial charge in [-0.3, -0.25) is 14.5 Å². The molecule has 0 radical (unpaired) electrons. The van der Waals surface area contributed by atoms with Gasteiger partial charge in [0.1, 0.15) is 0 Å². The zero-order chi connectivity index (χ0) is 14.6. The Bertz CT molecular complexity index is 331. The Kier molecular flexibility index (Phi) is 5.31. The number of nitrogens with zero attached hydrogens (tertiary/aromatic N) is 2. The Hall–Kier alpha value is -1.14. The van der Waals surface area contributed by atoms with E-state index in [4.69, 9.17) is 10.8 Å². The molecule has 6 nitrogen and oxygen atoms in total. The van der Waals surface area contributed by atoms with Gasteiger partial charge in [0.25, 0.3) is 0 Å². The molecule has 0 bridgehead atoms. The van der Waals surface area contributed by atoms with Gasteiger partial charge in [0.2, 0.25) is 5.91 Å². The van der Waals surface area contributed by atoms with E-state index < -0.39 is 5.97 Å². The third-order valence-corrected chi connectivity index (χ3v) is 3.59. The highest BCUT2D eigenvalue weighted by Gasteiger charge is 2.27. The lowest BCUT2D eigenvalue weighted by Gasteiger charge is -2.35. The number of aliphatic carboxylic acids is 1. The fraction of sp³-hybridized carbons (Fsp3) is 0.846. The Morgan fingerprint density at radius 3 is 2.16 bits per heavy atom. The molecule has 1 heterocycles. The van der Waals surface area contributed by atoms with Gasteiger partial charge < -0.3 is 15.7 Å². The first-order valence-electron chi connectivity index (χ1n) is 6.67. The SMILES string of the molecule is CC(C)(C)C(N)CC(=O)N1CCN(CC(=O)O)CC1. The number of carbonyl (C=O) groups excluding carboxylic acids is 1. The van der Waals surface area contributed by atoms with Crippen LogP contribution in [-0.4, -0.2) is 65.5 Å². The molecule has 0 aromatic carbocycles. The second-order valence-corrected chi connectivity index (χ2v) is 6.23. The average molecular weight is 271 g/mol. The number of carboxylic acid groups (broad SMARTS) is 1. The Labute approximate surface area is 114 Å². The van der Waals surface area contributed by atoms with E-state index in [0.29, 0.717) is 32.6 Å². The van der Waals surface area contributed by atoms with E-state index in [1.165, 1.54) is 0 Å². The molecule has 3 N–H and O–H groups in total. The molecule has 1 unspecified atom stereocenters. The van der Waals surface area contributed by atoms with E-state index in [-0.39, 0.29) is 23.9 Å². The highest BCUT2D eigenvalue weighted by atomic mass is 16.4. The number of amides is 1. The number of nitrogens with two attached hydrogens (primary N) is 1. The van der Waals surface area contributed by atoms with Crippen molar-refractivity contribution in [1.29, 1.82) is 0 Å². The molecular formula is C13H25N3O3. The zero-order valence-electron chi connectivity index (χ0n) is 12.1. The van der Waals surface area contributed by atoms with Crippen molar-refractivity contribution in [3.63, 3.8) is 0 Å². The maximum atomic E-state index is 12.1. The summed E-state index contributed by atoms with van der Waals surface area (Å²) in [7, 11) is 0. The molecule has 1 aliphatic heterocycles. The lowest BCUT2D eigenvalue weighted by molar-refractivity contribution is -0.139. The van der Waals surface area contributed by atoms with Crippen LogP contribution in [0, 0.1) is 5.41 Å². The molecule has 1 amide bonds. The molecular weight excluding hydrogens is 246 g/mol. The summed E-state index contributed by atoms with van der Waals surface area (Å²) in [5.41, 5.74) is 5.93. The van der Waals surface area contributed by atoms with Crippen LogP contribution in [0.15, 0.2) is 0 Å². The van der Waals surface area contributed by atoms with E-state index in [9.17, 15) is 9.59 Å². The molecule has 1 aliphatic rings. The van der Waals surface area contributed by atoms with E-state index in [1.807, 2.05) is 25.7 Å². The zero-order valence-corrected chi connectivity index (χ0v) is 12.1. The van der Waals surface area contributed by atoms with E-state index in [2.05, 4.69) is 0 Å². The molecule has 1 rings (SSSR count). The number of hydrogen-bond acceptors (Lipinski definition) is 4. The van der Waals surface area contributed by atoms with Crippen LogP contribution in [0.4, 0.5) is 0 Å². The first-order valence-corrected chi connectivity index (χ1v) is 6.67. The number of carbonyl (C=O) groups is 2. The summed E-state index contributed by atoms with van der Waals surface area (Å²) in [6, 6.07) is -0.156. The van der Waals surface area contributed by atoms with Crippen molar-refractivity contribution in [2.45, 2.75) is 33.2 Å². The minimum absolute atomic E-state index is 0.0452. The first-order chi connectivity index (χ1) is 8.70. The predicted molar refractivity (Wildman–Crippen MR) is 72.7 cm³/mol. The lowest BCUT2D eigenvalue weighted by atomic mass is 9.85. The molecule has 1 fully saturated rings. The van der Waals surface area contributed by atoms with Gasteiger partial charge in [0.15, 0.2) is 0 Å². The molecule has 0 spiro atoms. The van der Waals surface area contributed by atoms with Crippen molar-refractivity contribution in [1.82, 2.24) is 9.80 Å². The summed E-state index contributed by atoms with van der Waals surface area (Å²) in [5.74, 6) is -0.757. The van der Waals surface area contributed by atoms with Crippen LogP contribution < -0.4 is 5.73 Å². The maximum Gasteiger partial charge on any atom is 0.317 e. The Morgan fingerprint density at radius 2 is 1.74 bits per heavy atom. The fourth-order valence-electron chi connectivity index (χ4n) is 1.97. The number of rotatable bonds is 4. The summed E-state index contributed by atoms with van der Waals surface area (Å²) in [6.07, 6.45) is 0.350. The molecule has 110 valence electrons. The second-order valence-electron chi connectivity index (χ2n) is 6.23. The number of carboxylic acids is 1. The standard InChI is InChI=1S/C13H25N3O3/c1-13(2,3)10(14)8-11(17)16-6-4-15(5-7-16)9-12(18)19/h10H,4-9,14H2,1-3H3,(H,18,19). The first kappa shape index (κ1) is 15.9. The Balaban J connectivity index is 2.39. The Morgan fingerprint density at radius 1 is 1.21 bits per heavy atom. The van der Waals surface area contributed by atoms with E-state index >= 15 is 0 Å². The topological polar surface area (TPSA) is 86.9 Å². The van der Waals surface area contributed by atoms with Crippen LogP contribution in [0.1, 0.15) is 27.2 Å². The number of hydrogen-bond donors (Lipinski definition) is 2. The quantitative estimate of drug-likeness (QED) is 0.750. The monoisotopic (exact) mass is 271 g/mol. The van der Waals surface area contributed by atoms with Crippen LogP contribution in [0.2, 0.25) is 0 Å². The normalized spacial score (nSPS) is 19.3. The molecule has 19 heavy (non-hydrogen) atoms. The minimum atomic E-state index is -0.825. The summed E-state index contributed by atoms with van der Waals surface area (Å²) in [5, 5.41) is 8.71. The van der Waals surface area contributed by atoms with Crippen molar-refractivity contribution < 1.29 is 14.7 Å². The van der Waals surface area contributed by atoms with E-state index in [0.717, 1.165) is 0 Å². The van der Waals surface area contributed by atoms with Crippen molar-refractivity contribution in [3.8, 4) is 0 Å². The van der Waals surface area contributed by atoms with Gasteiger partial charge in [0.05, 0.1) is 6.54 Å². The van der Waals surface area contributed by atoms with Crippen LogP contribution in [-0.2, 0) is 9.59 Å². The van der Waals surface area contributed by atoms with Gasteiger partial charge in [-0.2, -0.15) is 0 Å². The van der Waals surface area contributed by atoms with Gasteiger partial charge in [-0.15, -0.1) is 0 Å². The third-order valence-electron chi connectivity index (χ3n) is 3.59. The third kappa shape index (κ3) is 5.16. The fourth-order valence-corrected chi connectivity index (χ4v) is 1.97. The van der Waals surface area contributed by atoms with Crippen LogP contribution in [0.5, 0.6) is 0 Å². The highest BCUT2D eigenvalue weighted by Crippen LogP contribution is 2.20. The van der Waals surface area contributed by atoms with Gasteiger partial charge >= 0.3 is 5.97 Å². The lowest BCUT2D eigenvalue weighted by Crippen LogP contribution is -2.51. The second kappa shape index (κ2) is 6.34. The maximum absolute atomic E-state index is 12.1. The summed E-state index contributed by atoms with van der Waals surface area (Å²) in [4.78, 5) is 26.3. The van der Waals surface area contributed by atoms with Gasteiger partial charge in [0, 0.05) is 38.6 Å². The van der Waals surface area contributed by atoms with Crippen molar-refractivity contribution in [2.24, 2.45) is 11.1 Å². The van der Waals surface area contributed by atoms with E-state index in [1.54, 1.807) is 4.90 Å². The van der Waals surface area contributed by atoms with Crippen LogP contribution in [0.3, 0.4) is 0 Å². The smallest absolute Gasteiger partial charge is 0.317 e. The molecule has 0 aromatic rings. The average Bonchev–Trinajstić information content (AvgIpc) is 2.27. The molecule has 0 aromatic heterocycles. The molecule has 0 saturated carbocycles. The van der Waals surface area contributed by atoms with Crippen LogP contribution >= 0.6 is 0 Å². The molecule has 1 atom stereocenters. The van der Waals surface area contributed by atoms with Crippen molar-refractivity contribution in [2.75, 3.05) is 32.7 Å². The van der Waals surface area contributed by atoms with Crippen molar-refractivity contribution >= 4 is 11.9 Å². The van der Waals surface area contributed by atoms with Gasteiger partial charge in [-0.05, 0) is 5.41 Å². The minimum Gasteiger partial charge on any atom is -0.480 e. The summed E-state index contributed by atoms with van der Waals surface area (Å²) < 4.78 is 0. The van der Waals surface area contributed by atoms with Crippen molar-refractivity contribution in [3.05, 3.63) is 0 Å².